The van der Waals surface area contributed by atoms with E-state index >= 15 is 0 Å². The summed E-state index contributed by atoms with van der Waals surface area (Å²) in [6.45, 7) is 2.31. The van der Waals surface area contributed by atoms with E-state index in [1.165, 1.54) is 24.9 Å². The number of aromatic nitrogens is 2. The first-order valence-corrected chi connectivity index (χ1v) is 7.99. The molecule has 1 unspecified atom stereocenters. The Balaban J connectivity index is 1.73. The topological polar surface area (TPSA) is 32.3 Å². The fraction of sp³-hybridized carbons (Fsp3) is 0.444. The number of likely N-dealkylation sites (tertiary alicyclic amines) is 1. The molecule has 116 valence electrons. The van der Waals surface area contributed by atoms with Crippen LogP contribution in [0, 0.1) is 0 Å². The van der Waals surface area contributed by atoms with Gasteiger partial charge in [0, 0.05) is 32.3 Å². The van der Waals surface area contributed by atoms with Gasteiger partial charge in [0.25, 0.3) is 0 Å². The van der Waals surface area contributed by atoms with Crippen molar-refractivity contribution in [2.45, 2.75) is 25.3 Å². The molecule has 1 fully saturated rings. The summed E-state index contributed by atoms with van der Waals surface area (Å²) in [6, 6.07) is 13.0. The highest BCUT2D eigenvalue weighted by molar-refractivity contribution is 5.38. The average molecular weight is 296 g/mol. The van der Waals surface area contributed by atoms with Gasteiger partial charge in [0.2, 0.25) is 0 Å². The molecule has 3 rings (SSSR count). The number of nitrogens with zero attached hydrogens (tertiary/aromatic N) is 4. The van der Waals surface area contributed by atoms with E-state index in [4.69, 9.17) is 4.98 Å². The molecule has 4 heteroatoms. The summed E-state index contributed by atoms with van der Waals surface area (Å²) in [5, 5.41) is 0. The Hall–Kier alpha value is -1.94. The van der Waals surface area contributed by atoms with E-state index in [1.807, 2.05) is 18.3 Å². The first kappa shape index (κ1) is 15.0. The normalized spacial score (nSPS) is 19.1. The molecule has 1 aromatic carbocycles. The second kappa shape index (κ2) is 6.88. The summed E-state index contributed by atoms with van der Waals surface area (Å²) in [4.78, 5) is 13.9. The van der Waals surface area contributed by atoms with E-state index in [2.05, 4.69) is 53.1 Å². The van der Waals surface area contributed by atoms with Crippen LogP contribution in [0.5, 0.6) is 0 Å². The molecule has 0 aliphatic carbocycles. The number of piperidine rings is 1. The van der Waals surface area contributed by atoms with Crippen molar-refractivity contribution in [3.05, 3.63) is 54.0 Å². The molecule has 0 bridgehead atoms. The number of likely N-dealkylation sites (N-methyl/N-ethyl adjacent to an activating group) is 2. The molecule has 1 aromatic heterocycles. The summed E-state index contributed by atoms with van der Waals surface area (Å²) >= 11 is 0. The Morgan fingerprint density at radius 2 is 2.05 bits per heavy atom. The Morgan fingerprint density at radius 3 is 2.82 bits per heavy atom. The Bertz CT molecular complexity index is 599. The maximum absolute atomic E-state index is 4.76. The predicted molar refractivity (Wildman–Crippen MR) is 90.2 cm³/mol. The van der Waals surface area contributed by atoms with Crippen molar-refractivity contribution in [1.29, 1.82) is 0 Å². The number of hydrogen-bond acceptors (Lipinski definition) is 4. The van der Waals surface area contributed by atoms with Gasteiger partial charge >= 0.3 is 0 Å². The molecule has 1 aliphatic rings. The van der Waals surface area contributed by atoms with Gasteiger partial charge in [-0.3, -0.25) is 0 Å². The number of rotatable bonds is 4. The third-order valence-corrected chi connectivity index (χ3v) is 4.40. The minimum absolute atomic E-state index is 0.540. The molecule has 22 heavy (non-hydrogen) atoms. The largest absolute Gasteiger partial charge is 0.355 e. The van der Waals surface area contributed by atoms with Gasteiger partial charge in [-0.25, -0.2) is 9.97 Å². The second-order valence-corrected chi connectivity index (χ2v) is 6.16. The summed E-state index contributed by atoms with van der Waals surface area (Å²) in [5.74, 6) is 1.92. The van der Waals surface area contributed by atoms with Crippen molar-refractivity contribution >= 4 is 5.82 Å². The van der Waals surface area contributed by atoms with E-state index in [1.54, 1.807) is 0 Å². The molecule has 4 nitrogen and oxygen atoms in total. The lowest BCUT2D eigenvalue weighted by Gasteiger charge is -2.36. The Labute approximate surface area is 132 Å². The van der Waals surface area contributed by atoms with Gasteiger partial charge in [-0.05, 0) is 38.1 Å². The van der Waals surface area contributed by atoms with Gasteiger partial charge in [0.1, 0.15) is 11.6 Å². The minimum Gasteiger partial charge on any atom is -0.355 e. The summed E-state index contributed by atoms with van der Waals surface area (Å²) < 4.78 is 0. The van der Waals surface area contributed by atoms with Crippen LogP contribution in [0.4, 0.5) is 5.82 Å². The van der Waals surface area contributed by atoms with Crippen LogP contribution in [0.25, 0.3) is 0 Å². The molecular formula is C18H24N4. The number of anilines is 1. The van der Waals surface area contributed by atoms with Crippen LogP contribution < -0.4 is 4.90 Å². The molecule has 1 atom stereocenters. The lowest BCUT2D eigenvalue weighted by Crippen LogP contribution is -2.45. The van der Waals surface area contributed by atoms with E-state index in [9.17, 15) is 0 Å². The molecule has 0 amide bonds. The highest BCUT2D eigenvalue weighted by Gasteiger charge is 2.22. The van der Waals surface area contributed by atoms with E-state index < -0.39 is 0 Å². The molecule has 0 N–H and O–H groups in total. The van der Waals surface area contributed by atoms with Crippen molar-refractivity contribution in [2.24, 2.45) is 0 Å². The van der Waals surface area contributed by atoms with E-state index in [0.29, 0.717) is 6.04 Å². The third-order valence-electron chi connectivity index (χ3n) is 4.40. The molecule has 0 radical (unpaired) electrons. The first-order chi connectivity index (χ1) is 10.7. The van der Waals surface area contributed by atoms with Gasteiger partial charge in [0.05, 0.1) is 0 Å². The molecule has 1 aliphatic heterocycles. The Kier molecular flexibility index (Phi) is 4.68. The van der Waals surface area contributed by atoms with Crippen molar-refractivity contribution in [1.82, 2.24) is 14.9 Å². The zero-order chi connectivity index (χ0) is 15.4. The van der Waals surface area contributed by atoms with Crippen LogP contribution in [-0.2, 0) is 6.42 Å². The summed E-state index contributed by atoms with van der Waals surface area (Å²) in [5.41, 5.74) is 1.25. The van der Waals surface area contributed by atoms with Crippen LogP contribution in [0.2, 0.25) is 0 Å². The van der Waals surface area contributed by atoms with Gasteiger partial charge < -0.3 is 9.80 Å². The summed E-state index contributed by atoms with van der Waals surface area (Å²) in [7, 11) is 4.35. The van der Waals surface area contributed by atoms with Crippen LogP contribution in [-0.4, -0.2) is 48.1 Å². The molecule has 0 saturated carbocycles. The van der Waals surface area contributed by atoms with Crippen molar-refractivity contribution in [2.75, 3.05) is 32.1 Å². The number of benzene rings is 1. The molecule has 1 saturated heterocycles. The fourth-order valence-electron chi connectivity index (χ4n) is 3.09. The SMILES string of the molecule is CN1CCCC(N(C)c2ccnc(Cc3ccccc3)n2)C1. The van der Waals surface area contributed by atoms with Gasteiger partial charge in [0.15, 0.2) is 0 Å². The molecular weight excluding hydrogens is 272 g/mol. The number of hydrogen-bond donors (Lipinski definition) is 0. The maximum Gasteiger partial charge on any atom is 0.135 e. The highest BCUT2D eigenvalue weighted by atomic mass is 15.2. The van der Waals surface area contributed by atoms with Crippen LogP contribution in [0.15, 0.2) is 42.6 Å². The minimum atomic E-state index is 0.540. The fourth-order valence-corrected chi connectivity index (χ4v) is 3.09. The van der Waals surface area contributed by atoms with Crippen LogP contribution >= 0.6 is 0 Å². The van der Waals surface area contributed by atoms with Gasteiger partial charge in [-0.1, -0.05) is 30.3 Å². The van der Waals surface area contributed by atoms with Crippen molar-refractivity contribution in [3.8, 4) is 0 Å². The van der Waals surface area contributed by atoms with Crippen LogP contribution in [0.1, 0.15) is 24.2 Å². The first-order valence-electron chi connectivity index (χ1n) is 7.99. The quantitative estimate of drug-likeness (QED) is 0.868. The Morgan fingerprint density at radius 1 is 1.23 bits per heavy atom. The lowest BCUT2D eigenvalue weighted by molar-refractivity contribution is 0.247. The molecule has 2 aromatic rings. The van der Waals surface area contributed by atoms with Gasteiger partial charge in [-0.15, -0.1) is 0 Å². The zero-order valence-electron chi connectivity index (χ0n) is 13.4. The van der Waals surface area contributed by atoms with Crippen molar-refractivity contribution < 1.29 is 0 Å². The van der Waals surface area contributed by atoms with Crippen LogP contribution in [0.3, 0.4) is 0 Å². The van der Waals surface area contributed by atoms with E-state index in [-0.39, 0.29) is 0 Å². The highest BCUT2D eigenvalue weighted by Crippen LogP contribution is 2.19. The second-order valence-electron chi connectivity index (χ2n) is 6.16. The summed E-state index contributed by atoms with van der Waals surface area (Å²) in [6.07, 6.45) is 5.16. The molecule has 2 heterocycles. The monoisotopic (exact) mass is 296 g/mol. The maximum atomic E-state index is 4.76. The standard InChI is InChI=1S/C18H24N4/c1-21-12-6-9-16(14-21)22(2)18-10-11-19-17(20-18)13-15-7-4-3-5-8-15/h3-5,7-8,10-11,16H,6,9,12-14H2,1-2H3. The predicted octanol–water partition coefficient (Wildman–Crippen LogP) is 2.60. The third kappa shape index (κ3) is 3.63. The van der Waals surface area contributed by atoms with E-state index in [0.717, 1.165) is 24.6 Å². The smallest absolute Gasteiger partial charge is 0.135 e. The average Bonchev–Trinajstić information content (AvgIpc) is 2.55. The lowest BCUT2D eigenvalue weighted by atomic mass is 10.1. The zero-order valence-corrected chi connectivity index (χ0v) is 13.4. The molecule has 0 spiro atoms. The van der Waals surface area contributed by atoms with Gasteiger partial charge in [-0.2, -0.15) is 0 Å². The van der Waals surface area contributed by atoms with Crippen molar-refractivity contribution in [3.63, 3.8) is 0 Å².